The first-order valence-electron chi connectivity index (χ1n) is 15.7. The molecular weight excluding hydrogens is 751 g/mol. The highest BCUT2D eigenvalue weighted by Crippen LogP contribution is 2.29. The summed E-state index contributed by atoms with van der Waals surface area (Å²) in [5, 5.41) is 7.43. The predicted molar refractivity (Wildman–Crippen MR) is 190 cm³/mol. The van der Waals surface area contributed by atoms with Crippen LogP contribution in [-0.2, 0) is 16.6 Å². The largest absolute Gasteiger partial charge is 0.414 e. The molecule has 298 valence electrons. The molecule has 2 aromatic heterocycles. The van der Waals surface area contributed by atoms with Crippen LogP contribution in [0.1, 0.15) is 75.4 Å². The number of carbonyl (C=O) groups excluding carboxylic acids is 2. The number of hydrogen-bond donors (Lipinski definition) is 2. The SMILES string of the molecule is CC(C)(C)C.CN=C(N)N(C(=O)c1ccc(-c2cnn(C(F)F)c2)cc1)C(COC(C)C(F)(F)F)c1ccc(Cl)cc1.Cn1ncnc1C(F)F.NC=O. The van der Waals surface area contributed by atoms with Crippen molar-refractivity contribution in [3.05, 3.63) is 89.2 Å². The molecule has 0 saturated carbocycles. The topological polar surface area (TPSA) is 160 Å². The highest BCUT2D eigenvalue weighted by atomic mass is 35.5. The van der Waals surface area contributed by atoms with Crippen LogP contribution in [-0.4, -0.2) is 73.7 Å². The Bertz CT molecular complexity index is 1740. The third-order valence-corrected chi connectivity index (χ3v) is 6.69. The highest BCUT2D eigenvalue weighted by molar-refractivity contribution is 6.30. The fraction of sp³-hybridized carbons (Fsp3) is 0.412. The molecule has 0 spiro atoms. The lowest BCUT2D eigenvalue weighted by atomic mass is 10.0. The molecule has 2 amide bonds. The first kappa shape index (κ1) is 47.0. The molecular formula is C34H43ClF7N9O3. The van der Waals surface area contributed by atoms with Gasteiger partial charge >= 0.3 is 12.7 Å². The predicted octanol–water partition coefficient (Wildman–Crippen LogP) is 7.60. The van der Waals surface area contributed by atoms with Crippen LogP contribution in [0.3, 0.4) is 0 Å². The number of aryl methyl sites for hydroxylation is 1. The summed E-state index contributed by atoms with van der Waals surface area (Å²) in [5.41, 5.74) is 12.2. The summed E-state index contributed by atoms with van der Waals surface area (Å²) >= 11 is 5.96. The van der Waals surface area contributed by atoms with E-state index in [1.54, 1.807) is 12.1 Å². The maximum absolute atomic E-state index is 13.6. The number of alkyl halides is 7. The van der Waals surface area contributed by atoms with Crippen molar-refractivity contribution in [3.63, 3.8) is 0 Å². The molecule has 0 fully saturated rings. The van der Waals surface area contributed by atoms with Crippen molar-refractivity contribution in [3.8, 4) is 11.1 Å². The van der Waals surface area contributed by atoms with Crippen LogP contribution in [0, 0.1) is 5.41 Å². The van der Waals surface area contributed by atoms with E-state index in [4.69, 9.17) is 26.9 Å². The first-order valence-corrected chi connectivity index (χ1v) is 16.1. The van der Waals surface area contributed by atoms with Gasteiger partial charge in [0.05, 0.1) is 18.8 Å². The van der Waals surface area contributed by atoms with E-state index in [9.17, 15) is 35.5 Å². The molecule has 12 nitrogen and oxygen atoms in total. The van der Waals surface area contributed by atoms with E-state index in [0.29, 0.717) is 31.8 Å². The Morgan fingerprint density at radius 3 is 1.93 bits per heavy atom. The maximum atomic E-state index is 13.6. The number of benzene rings is 2. The number of carbonyl (C=O) groups is 2. The van der Waals surface area contributed by atoms with Gasteiger partial charge in [0.15, 0.2) is 17.9 Å². The van der Waals surface area contributed by atoms with Gasteiger partial charge in [-0.1, -0.05) is 63.6 Å². The van der Waals surface area contributed by atoms with Crippen LogP contribution < -0.4 is 11.5 Å². The Morgan fingerprint density at radius 1 is 1.00 bits per heavy atom. The molecule has 20 heteroatoms. The van der Waals surface area contributed by atoms with E-state index in [-0.39, 0.29) is 23.8 Å². The van der Waals surface area contributed by atoms with Gasteiger partial charge in [-0.15, -0.1) is 0 Å². The second-order valence-corrected chi connectivity index (χ2v) is 13.0. The quantitative estimate of drug-likeness (QED) is 0.0764. The highest BCUT2D eigenvalue weighted by Gasteiger charge is 2.39. The van der Waals surface area contributed by atoms with Crippen LogP contribution in [0.2, 0.25) is 5.02 Å². The number of amides is 2. The monoisotopic (exact) mass is 793 g/mol. The molecule has 0 radical (unpaired) electrons. The molecule has 0 aliphatic carbocycles. The number of aromatic nitrogens is 5. The third kappa shape index (κ3) is 15.9. The van der Waals surface area contributed by atoms with Crippen LogP contribution >= 0.6 is 11.6 Å². The summed E-state index contributed by atoms with van der Waals surface area (Å²) in [6, 6.07) is 11.0. The summed E-state index contributed by atoms with van der Waals surface area (Å²) in [6.07, 6.45) is -5.48. The minimum absolute atomic E-state index is 0.124. The van der Waals surface area contributed by atoms with Crippen molar-refractivity contribution in [2.75, 3.05) is 13.7 Å². The van der Waals surface area contributed by atoms with Gasteiger partial charge in [0, 0.05) is 36.4 Å². The normalized spacial score (nSPS) is 12.7. The Hall–Kier alpha value is -5.04. The molecule has 4 N–H and O–H groups in total. The Balaban J connectivity index is 0.000000706. The van der Waals surface area contributed by atoms with Crippen molar-refractivity contribution in [1.29, 1.82) is 0 Å². The number of hydrogen-bond acceptors (Lipinski definition) is 7. The van der Waals surface area contributed by atoms with Crippen LogP contribution in [0.5, 0.6) is 0 Å². The molecule has 2 atom stereocenters. The van der Waals surface area contributed by atoms with Crippen molar-refractivity contribution in [1.82, 2.24) is 29.4 Å². The van der Waals surface area contributed by atoms with Crippen molar-refractivity contribution >= 4 is 29.9 Å². The standard InChI is InChI=1S/C24H23ClF5N5O2.C5H12.C4H5F2N3.CH3NO/c1-14(24(28,29)30)37-13-20(16-7-9-19(25)10-8-16)35(23(31)32-2)21(36)17-5-3-15(4-6-17)18-11-33-34(12-18)22(26)27;1-5(2,3)4;1-9-4(3(5)6)7-2-8-9;2-1-3/h3-12,14,20,22H,13H2,1-2H3,(H2,31,32);1-4H3;2-3H,1H3;1H,(H2,2,3). The van der Waals surface area contributed by atoms with Gasteiger partial charge in [-0.3, -0.25) is 19.5 Å². The van der Waals surface area contributed by atoms with E-state index >= 15 is 0 Å². The van der Waals surface area contributed by atoms with Crippen molar-refractivity contribution in [2.24, 2.45) is 28.9 Å². The molecule has 4 aromatic rings. The number of guanidine groups is 1. The zero-order valence-corrected chi connectivity index (χ0v) is 31.2. The Labute approximate surface area is 312 Å². The third-order valence-electron chi connectivity index (χ3n) is 6.43. The van der Waals surface area contributed by atoms with E-state index < -0.39 is 43.8 Å². The number of nitrogens with two attached hydrogens (primary N) is 2. The molecule has 0 aliphatic heterocycles. The summed E-state index contributed by atoms with van der Waals surface area (Å²) in [7, 11) is 2.76. The minimum Gasteiger partial charge on any atom is -0.372 e. The van der Waals surface area contributed by atoms with Gasteiger partial charge in [0.2, 0.25) is 6.41 Å². The molecule has 54 heavy (non-hydrogen) atoms. The van der Waals surface area contributed by atoms with E-state index in [0.717, 1.165) is 29.0 Å². The number of aliphatic imine (C=N–C) groups is 1. The first-order chi connectivity index (χ1) is 25.0. The van der Waals surface area contributed by atoms with Crippen molar-refractivity contribution in [2.45, 2.75) is 65.9 Å². The van der Waals surface area contributed by atoms with Gasteiger partial charge < -0.3 is 16.2 Å². The zero-order chi connectivity index (χ0) is 41.4. The van der Waals surface area contributed by atoms with Gasteiger partial charge in [0.1, 0.15) is 6.33 Å². The lowest BCUT2D eigenvalue weighted by Gasteiger charge is -2.32. The molecule has 2 heterocycles. The lowest BCUT2D eigenvalue weighted by molar-refractivity contribution is -0.216. The molecule has 4 rings (SSSR count). The van der Waals surface area contributed by atoms with E-state index in [2.05, 4.69) is 53.6 Å². The second kappa shape index (κ2) is 21.6. The Morgan fingerprint density at radius 2 is 1.54 bits per heavy atom. The number of rotatable bonds is 9. The lowest BCUT2D eigenvalue weighted by Crippen LogP contribution is -2.46. The number of nitrogens with zero attached hydrogens (tertiary/aromatic N) is 7. The van der Waals surface area contributed by atoms with Gasteiger partial charge in [0.25, 0.3) is 12.3 Å². The maximum Gasteiger partial charge on any atom is 0.414 e. The zero-order valence-electron chi connectivity index (χ0n) is 30.5. The van der Waals surface area contributed by atoms with Gasteiger partial charge in [-0.25, -0.2) is 23.1 Å². The fourth-order valence-corrected chi connectivity index (χ4v) is 4.01. The summed E-state index contributed by atoms with van der Waals surface area (Å²) < 4.78 is 95.1. The summed E-state index contributed by atoms with van der Waals surface area (Å²) in [4.78, 5) is 30.4. The molecule has 0 aliphatic rings. The molecule has 2 aromatic carbocycles. The molecule has 0 saturated heterocycles. The molecule has 0 bridgehead atoms. The van der Waals surface area contributed by atoms with E-state index in [1.807, 2.05) is 0 Å². The smallest absolute Gasteiger partial charge is 0.372 e. The van der Waals surface area contributed by atoms with E-state index in [1.165, 1.54) is 56.7 Å². The van der Waals surface area contributed by atoms with Crippen LogP contribution in [0.15, 0.2) is 72.2 Å². The van der Waals surface area contributed by atoms with Crippen LogP contribution in [0.4, 0.5) is 30.7 Å². The Kier molecular flexibility index (Phi) is 18.8. The second-order valence-electron chi connectivity index (χ2n) is 12.6. The minimum atomic E-state index is -4.61. The molecule has 2 unspecified atom stereocenters. The van der Waals surface area contributed by atoms with Gasteiger partial charge in [-0.05, 0) is 47.7 Å². The summed E-state index contributed by atoms with van der Waals surface area (Å²) in [6.45, 7) is 6.26. The van der Waals surface area contributed by atoms with Crippen LogP contribution in [0.25, 0.3) is 11.1 Å². The number of primary amides is 1. The summed E-state index contributed by atoms with van der Waals surface area (Å²) in [5.74, 6) is -1.22. The van der Waals surface area contributed by atoms with Gasteiger partial charge in [-0.2, -0.15) is 32.1 Å². The van der Waals surface area contributed by atoms with Crippen molar-refractivity contribution < 1.29 is 45.1 Å². The fourth-order valence-electron chi connectivity index (χ4n) is 3.89. The number of halogens is 8. The number of ether oxygens (including phenoxy) is 1. The average Bonchev–Trinajstić information content (AvgIpc) is 3.76. The average molecular weight is 794 g/mol.